The van der Waals surface area contributed by atoms with E-state index in [1.165, 1.54) is 0 Å². The Bertz CT molecular complexity index is 825. The number of aromatic nitrogens is 1. The van der Waals surface area contributed by atoms with Gasteiger partial charge in [-0.3, -0.25) is 0 Å². The average Bonchev–Trinajstić information content (AvgIpc) is 2.89. The molecule has 1 N–H and O–H groups in total. The number of hydrogen-bond donors (Lipinski definition) is 1. The van der Waals surface area contributed by atoms with Crippen molar-refractivity contribution in [2.45, 2.75) is 6.54 Å². The van der Waals surface area contributed by atoms with Gasteiger partial charge in [0.2, 0.25) is 0 Å². The molecule has 5 nitrogen and oxygen atoms in total. The maximum absolute atomic E-state index is 11.9. The quantitative estimate of drug-likeness (QED) is 0.802. The number of aryl methyl sites for hydroxylation is 1. The monoisotopic (exact) mass is 310 g/mol. The number of amides is 1. The molecule has 0 unspecified atom stereocenters. The highest BCUT2D eigenvalue weighted by Crippen LogP contribution is 2.25. The molecule has 0 aliphatic heterocycles. The van der Waals surface area contributed by atoms with E-state index >= 15 is 0 Å². The number of carbonyl (C=O) groups is 1. The highest BCUT2D eigenvalue weighted by atomic mass is 16.6. The van der Waals surface area contributed by atoms with Gasteiger partial charge in [0.1, 0.15) is 11.5 Å². The Morgan fingerprint density at radius 3 is 2.65 bits per heavy atom. The van der Waals surface area contributed by atoms with Crippen LogP contribution in [0.4, 0.5) is 4.79 Å². The van der Waals surface area contributed by atoms with Crippen LogP contribution in [0.25, 0.3) is 10.9 Å². The maximum atomic E-state index is 11.9. The summed E-state index contributed by atoms with van der Waals surface area (Å²) in [5.74, 6) is 1.31. The third-order valence-electron chi connectivity index (χ3n) is 3.66. The van der Waals surface area contributed by atoms with Gasteiger partial charge < -0.3 is 19.4 Å². The lowest BCUT2D eigenvalue weighted by Crippen LogP contribution is -2.26. The van der Waals surface area contributed by atoms with Gasteiger partial charge in [0.25, 0.3) is 0 Å². The number of benzene rings is 2. The normalized spacial score (nSPS) is 10.5. The number of para-hydroxylation sites is 1. The van der Waals surface area contributed by atoms with E-state index in [1.807, 2.05) is 54.2 Å². The van der Waals surface area contributed by atoms with E-state index in [2.05, 4.69) is 5.32 Å². The van der Waals surface area contributed by atoms with Crippen molar-refractivity contribution in [2.24, 2.45) is 7.05 Å². The van der Waals surface area contributed by atoms with E-state index < -0.39 is 6.09 Å². The minimum absolute atomic E-state index is 0.385. The molecular formula is C18H18N2O3. The molecule has 23 heavy (non-hydrogen) atoms. The van der Waals surface area contributed by atoms with Gasteiger partial charge >= 0.3 is 6.09 Å². The molecule has 1 amide bonds. The van der Waals surface area contributed by atoms with Crippen LogP contribution in [0.1, 0.15) is 5.56 Å². The summed E-state index contributed by atoms with van der Waals surface area (Å²) in [7, 11) is 3.61. The molecule has 0 spiro atoms. The lowest BCUT2D eigenvalue weighted by Gasteiger charge is -2.06. The number of rotatable bonds is 4. The largest absolute Gasteiger partial charge is 0.497 e. The van der Waals surface area contributed by atoms with E-state index in [0.717, 1.165) is 22.2 Å². The molecule has 3 aromatic rings. The Morgan fingerprint density at radius 1 is 1.13 bits per heavy atom. The Labute approximate surface area is 134 Å². The second-order valence-corrected chi connectivity index (χ2v) is 5.20. The van der Waals surface area contributed by atoms with Crippen LogP contribution in [0.2, 0.25) is 0 Å². The third-order valence-corrected chi connectivity index (χ3v) is 3.66. The van der Waals surface area contributed by atoms with Crippen molar-refractivity contribution in [1.82, 2.24) is 9.88 Å². The Morgan fingerprint density at radius 2 is 1.91 bits per heavy atom. The van der Waals surface area contributed by atoms with Gasteiger partial charge in [0, 0.05) is 30.7 Å². The summed E-state index contributed by atoms with van der Waals surface area (Å²) in [5, 5.41) is 3.82. The molecule has 0 radical (unpaired) electrons. The summed E-state index contributed by atoms with van der Waals surface area (Å²) < 4.78 is 12.5. The predicted octanol–water partition coefficient (Wildman–Crippen LogP) is 3.48. The molecule has 0 saturated heterocycles. The van der Waals surface area contributed by atoms with Crippen molar-refractivity contribution >= 4 is 17.0 Å². The van der Waals surface area contributed by atoms with Gasteiger partial charge in [0.05, 0.1) is 7.11 Å². The summed E-state index contributed by atoms with van der Waals surface area (Å²) in [5.41, 5.74) is 2.09. The number of hydrogen-bond acceptors (Lipinski definition) is 3. The molecule has 0 saturated carbocycles. The second-order valence-electron chi connectivity index (χ2n) is 5.20. The molecule has 1 heterocycles. The average molecular weight is 310 g/mol. The van der Waals surface area contributed by atoms with Crippen LogP contribution in [0, 0.1) is 0 Å². The van der Waals surface area contributed by atoms with Gasteiger partial charge in [-0.05, 0) is 35.9 Å². The first kappa shape index (κ1) is 15.0. The maximum Gasteiger partial charge on any atom is 0.412 e. The van der Waals surface area contributed by atoms with Crippen molar-refractivity contribution < 1.29 is 14.3 Å². The Kier molecular flexibility index (Phi) is 4.19. The number of nitrogens with zero attached hydrogens (tertiary/aromatic N) is 1. The number of fused-ring (bicyclic) bond motifs is 1. The molecule has 0 aliphatic carbocycles. The van der Waals surface area contributed by atoms with E-state index in [9.17, 15) is 4.79 Å². The van der Waals surface area contributed by atoms with Crippen LogP contribution in [0.15, 0.2) is 54.7 Å². The minimum atomic E-state index is -0.476. The Hall–Kier alpha value is -2.95. The number of carbonyl (C=O) groups excluding carboxylic acids is 1. The predicted molar refractivity (Wildman–Crippen MR) is 88.8 cm³/mol. The lowest BCUT2D eigenvalue weighted by atomic mass is 10.1. The van der Waals surface area contributed by atoms with Gasteiger partial charge in [-0.1, -0.05) is 18.2 Å². The zero-order valence-electron chi connectivity index (χ0n) is 13.1. The van der Waals surface area contributed by atoms with Crippen molar-refractivity contribution in [3.05, 3.63) is 60.3 Å². The highest BCUT2D eigenvalue weighted by molar-refractivity contribution is 5.85. The highest BCUT2D eigenvalue weighted by Gasteiger charge is 2.10. The fourth-order valence-corrected chi connectivity index (χ4v) is 2.52. The molecule has 2 aromatic carbocycles. The molecule has 5 heteroatoms. The first-order valence-electron chi connectivity index (χ1n) is 7.30. The topological polar surface area (TPSA) is 52.5 Å². The molecule has 0 bridgehead atoms. The van der Waals surface area contributed by atoms with Crippen LogP contribution < -0.4 is 14.8 Å². The number of methoxy groups -OCH3 is 1. The summed E-state index contributed by atoms with van der Waals surface area (Å²) >= 11 is 0. The van der Waals surface area contributed by atoms with Crippen molar-refractivity contribution in [1.29, 1.82) is 0 Å². The molecule has 0 atom stereocenters. The standard InChI is InChI=1S/C18H18N2O3/c1-20-12-13(16-10-15(22-2)8-9-17(16)20)11-19-18(21)23-14-6-4-3-5-7-14/h3-10,12H,11H2,1-2H3,(H,19,21). The number of ether oxygens (including phenoxy) is 2. The zero-order chi connectivity index (χ0) is 16.2. The van der Waals surface area contributed by atoms with Gasteiger partial charge in [-0.2, -0.15) is 0 Å². The summed E-state index contributed by atoms with van der Waals surface area (Å²) in [4.78, 5) is 11.9. The van der Waals surface area contributed by atoms with Crippen molar-refractivity contribution in [2.75, 3.05) is 7.11 Å². The zero-order valence-corrected chi connectivity index (χ0v) is 13.1. The molecule has 3 rings (SSSR count). The Balaban J connectivity index is 1.73. The van der Waals surface area contributed by atoms with E-state index in [1.54, 1.807) is 19.2 Å². The van der Waals surface area contributed by atoms with Gasteiger partial charge in [-0.25, -0.2) is 4.79 Å². The van der Waals surface area contributed by atoms with Crippen molar-refractivity contribution in [3.63, 3.8) is 0 Å². The fourth-order valence-electron chi connectivity index (χ4n) is 2.52. The lowest BCUT2D eigenvalue weighted by molar-refractivity contribution is 0.200. The summed E-state index contributed by atoms with van der Waals surface area (Å²) in [6.07, 6.45) is 1.52. The van der Waals surface area contributed by atoms with Crippen LogP contribution in [0.5, 0.6) is 11.5 Å². The minimum Gasteiger partial charge on any atom is -0.497 e. The fraction of sp³-hybridized carbons (Fsp3) is 0.167. The molecule has 118 valence electrons. The van der Waals surface area contributed by atoms with Gasteiger partial charge in [-0.15, -0.1) is 0 Å². The molecule has 1 aromatic heterocycles. The molecular weight excluding hydrogens is 292 g/mol. The first-order chi connectivity index (χ1) is 11.2. The SMILES string of the molecule is COc1ccc2c(c1)c(CNC(=O)Oc1ccccc1)cn2C. The molecule has 0 fully saturated rings. The van der Waals surface area contributed by atoms with Crippen LogP contribution in [-0.2, 0) is 13.6 Å². The van der Waals surface area contributed by atoms with E-state index in [4.69, 9.17) is 9.47 Å². The van der Waals surface area contributed by atoms with E-state index in [-0.39, 0.29) is 0 Å². The van der Waals surface area contributed by atoms with E-state index in [0.29, 0.717) is 12.3 Å². The third kappa shape index (κ3) is 3.29. The smallest absolute Gasteiger partial charge is 0.412 e. The summed E-state index contributed by atoms with van der Waals surface area (Å²) in [6.45, 7) is 0.385. The van der Waals surface area contributed by atoms with Crippen LogP contribution >= 0.6 is 0 Å². The van der Waals surface area contributed by atoms with Crippen LogP contribution in [-0.4, -0.2) is 17.8 Å². The summed E-state index contributed by atoms with van der Waals surface area (Å²) in [6, 6.07) is 14.9. The number of nitrogens with one attached hydrogen (secondary N) is 1. The second kappa shape index (κ2) is 6.44. The van der Waals surface area contributed by atoms with Gasteiger partial charge in [0.15, 0.2) is 0 Å². The van der Waals surface area contributed by atoms with Crippen molar-refractivity contribution in [3.8, 4) is 11.5 Å². The first-order valence-corrected chi connectivity index (χ1v) is 7.30. The molecule has 0 aliphatic rings. The van der Waals surface area contributed by atoms with Crippen LogP contribution in [0.3, 0.4) is 0 Å².